The Balaban J connectivity index is 1.85. The summed E-state index contributed by atoms with van der Waals surface area (Å²) in [5.41, 5.74) is 2.90. The van der Waals surface area contributed by atoms with Crippen LogP contribution in [0.15, 0.2) is 66.7 Å². The van der Waals surface area contributed by atoms with Crippen LogP contribution in [0.1, 0.15) is 5.56 Å². The largest absolute Gasteiger partial charge is 0.337 e. The van der Waals surface area contributed by atoms with Crippen LogP contribution >= 0.6 is 0 Å². The second-order valence-corrected chi connectivity index (χ2v) is 6.03. The van der Waals surface area contributed by atoms with Gasteiger partial charge in [-0.2, -0.15) is 0 Å². The average molecular weight is 347 g/mol. The second-order valence-electron chi connectivity index (χ2n) is 6.03. The van der Waals surface area contributed by atoms with Crippen molar-refractivity contribution in [1.82, 2.24) is 9.97 Å². The van der Waals surface area contributed by atoms with Crippen LogP contribution < -0.4 is 5.32 Å². The quantitative estimate of drug-likeness (QED) is 0.522. The molecule has 0 atom stereocenters. The van der Waals surface area contributed by atoms with Crippen molar-refractivity contribution in [1.29, 1.82) is 0 Å². The molecule has 0 saturated heterocycles. The third kappa shape index (κ3) is 3.11. The Morgan fingerprint density at radius 1 is 0.846 bits per heavy atom. The fraction of sp³-hybridized carbons (Fsp3) is 0.0476. The normalized spacial score (nSPS) is 10.9. The molecule has 0 radical (unpaired) electrons. The molecule has 0 aliphatic heterocycles. The van der Waals surface area contributed by atoms with Gasteiger partial charge < -0.3 is 5.32 Å². The zero-order valence-electron chi connectivity index (χ0n) is 14.0. The van der Waals surface area contributed by atoms with Gasteiger partial charge in [-0.1, -0.05) is 42.0 Å². The van der Waals surface area contributed by atoms with Crippen LogP contribution in [0.25, 0.3) is 22.3 Å². The van der Waals surface area contributed by atoms with Gasteiger partial charge in [0, 0.05) is 17.0 Å². The first-order chi connectivity index (χ1) is 12.6. The van der Waals surface area contributed by atoms with E-state index in [2.05, 4.69) is 15.3 Å². The maximum atomic E-state index is 14.1. The summed E-state index contributed by atoms with van der Waals surface area (Å²) in [5.74, 6) is -0.295. The molecule has 26 heavy (non-hydrogen) atoms. The number of halogens is 2. The maximum absolute atomic E-state index is 14.1. The number of hydrogen-bond donors (Lipinski definition) is 1. The summed E-state index contributed by atoms with van der Waals surface area (Å²) < 4.78 is 27.2. The van der Waals surface area contributed by atoms with E-state index in [1.807, 2.05) is 55.5 Å². The first kappa shape index (κ1) is 16.1. The molecule has 128 valence electrons. The van der Waals surface area contributed by atoms with Crippen molar-refractivity contribution in [2.75, 3.05) is 5.32 Å². The molecule has 0 bridgehead atoms. The van der Waals surface area contributed by atoms with Crippen LogP contribution in [-0.2, 0) is 0 Å². The Hall–Kier alpha value is -3.34. The molecule has 5 heteroatoms. The number of nitrogens with one attached hydrogen (secondary N) is 1. The van der Waals surface area contributed by atoms with Gasteiger partial charge >= 0.3 is 0 Å². The van der Waals surface area contributed by atoms with E-state index in [0.29, 0.717) is 11.6 Å². The van der Waals surface area contributed by atoms with Crippen molar-refractivity contribution in [3.63, 3.8) is 0 Å². The van der Waals surface area contributed by atoms with E-state index in [9.17, 15) is 8.78 Å². The molecule has 0 unspecified atom stereocenters. The molecule has 3 aromatic carbocycles. The number of anilines is 2. The summed E-state index contributed by atoms with van der Waals surface area (Å²) in [6.45, 7) is 2.01. The molecule has 0 aliphatic rings. The van der Waals surface area contributed by atoms with Gasteiger partial charge in [0.15, 0.2) is 5.82 Å². The highest BCUT2D eigenvalue weighted by Gasteiger charge is 2.11. The molecule has 0 amide bonds. The molecule has 0 fully saturated rings. The van der Waals surface area contributed by atoms with E-state index in [4.69, 9.17) is 0 Å². The van der Waals surface area contributed by atoms with E-state index in [0.717, 1.165) is 28.1 Å². The molecule has 1 heterocycles. The topological polar surface area (TPSA) is 37.8 Å². The standard InChI is InChI=1S/C21H15F2N3/c1-13-6-8-14(9-7-13)20-24-18-5-3-2-4-16(18)21(26-20)25-19-11-10-15(22)12-17(19)23/h2-12H,1H3,(H,24,25,26). The Labute approximate surface area is 149 Å². The van der Waals surface area contributed by atoms with E-state index >= 15 is 0 Å². The lowest BCUT2D eigenvalue weighted by molar-refractivity contribution is 0.586. The molecule has 1 aromatic heterocycles. The molecular formula is C21H15F2N3. The van der Waals surface area contributed by atoms with Gasteiger partial charge in [-0.15, -0.1) is 0 Å². The van der Waals surface area contributed by atoms with Gasteiger partial charge in [0.05, 0.1) is 11.2 Å². The summed E-state index contributed by atoms with van der Waals surface area (Å²) >= 11 is 0. The number of benzene rings is 3. The number of para-hydroxylation sites is 1. The summed E-state index contributed by atoms with van der Waals surface area (Å²) in [4.78, 5) is 9.19. The third-order valence-corrected chi connectivity index (χ3v) is 4.10. The number of hydrogen-bond acceptors (Lipinski definition) is 3. The number of aromatic nitrogens is 2. The van der Waals surface area contributed by atoms with Gasteiger partial charge in [0.1, 0.15) is 17.5 Å². The summed E-state index contributed by atoms with van der Waals surface area (Å²) in [6, 6.07) is 18.7. The molecule has 4 rings (SSSR count). The lowest BCUT2D eigenvalue weighted by Crippen LogP contribution is -2.01. The minimum absolute atomic E-state index is 0.158. The van der Waals surface area contributed by atoms with Gasteiger partial charge in [0.2, 0.25) is 0 Å². The smallest absolute Gasteiger partial charge is 0.162 e. The van der Waals surface area contributed by atoms with Gasteiger partial charge in [0.25, 0.3) is 0 Å². The summed E-state index contributed by atoms with van der Waals surface area (Å²) in [6.07, 6.45) is 0. The van der Waals surface area contributed by atoms with E-state index in [1.54, 1.807) is 0 Å². The van der Waals surface area contributed by atoms with Crippen molar-refractivity contribution < 1.29 is 8.78 Å². The van der Waals surface area contributed by atoms with Gasteiger partial charge in [-0.05, 0) is 31.2 Å². The molecule has 3 nitrogen and oxygen atoms in total. The zero-order valence-corrected chi connectivity index (χ0v) is 14.0. The fourth-order valence-corrected chi connectivity index (χ4v) is 2.72. The van der Waals surface area contributed by atoms with E-state index in [1.165, 1.54) is 12.1 Å². The Morgan fingerprint density at radius 2 is 1.62 bits per heavy atom. The highest BCUT2D eigenvalue weighted by atomic mass is 19.1. The lowest BCUT2D eigenvalue weighted by atomic mass is 10.1. The Morgan fingerprint density at radius 3 is 2.38 bits per heavy atom. The van der Waals surface area contributed by atoms with E-state index in [-0.39, 0.29) is 5.69 Å². The number of rotatable bonds is 3. The minimum atomic E-state index is -0.676. The molecule has 0 aliphatic carbocycles. The van der Waals surface area contributed by atoms with Crippen molar-refractivity contribution >= 4 is 22.4 Å². The SMILES string of the molecule is Cc1ccc(-c2nc(Nc3ccc(F)cc3F)c3ccccc3n2)cc1. The lowest BCUT2D eigenvalue weighted by Gasteiger charge is -2.12. The summed E-state index contributed by atoms with van der Waals surface area (Å²) in [5, 5.41) is 3.73. The van der Waals surface area contributed by atoms with E-state index < -0.39 is 11.6 Å². The number of fused-ring (bicyclic) bond motifs is 1. The minimum Gasteiger partial charge on any atom is -0.337 e. The fourth-order valence-electron chi connectivity index (χ4n) is 2.72. The molecule has 4 aromatic rings. The van der Waals surface area contributed by atoms with Crippen molar-refractivity contribution in [2.24, 2.45) is 0 Å². The highest BCUT2D eigenvalue weighted by molar-refractivity contribution is 5.92. The number of nitrogens with zero attached hydrogens (tertiary/aromatic N) is 2. The first-order valence-corrected chi connectivity index (χ1v) is 8.16. The maximum Gasteiger partial charge on any atom is 0.162 e. The average Bonchev–Trinajstić information content (AvgIpc) is 2.64. The third-order valence-electron chi connectivity index (χ3n) is 4.10. The predicted molar refractivity (Wildman–Crippen MR) is 99.4 cm³/mol. The molecule has 0 saturated carbocycles. The Bertz CT molecular complexity index is 1090. The second kappa shape index (κ2) is 6.52. The zero-order chi connectivity index (χ0) is 18.1. The van der Waals surface area contributed by atoms with Crippen LogP contribution in [0, 0.1) is 18.6 Å². The van der Waals surface area contributed by atoms with Crippen LogP contribution in [0.2, 0.25) is 0 Å². The predicted octanol–water partition coefficient (Wildman–Crippen LogP) is 5.63. The summed E-state index contributed by atoms with van der Waals surface area (Å²) in [7, 11) is 0. The number of aryl methyl sites for hydroxylation is 1. The van der Waals surface area contributed by atoms with Crippen LogP contribution in [0.3, 0.4) is 0 Å². The first-order valence-electron chi connectivity index (χ1n) is 8.16. The molecule has 0 spiro atoms. The van der Waals surface area contributed by atoms with Crippen molar-refractivity contribution in [3.05, 3.63) is 83.9 Å². The van der Waals surface area contributed by atoms with Crippen molar-refractivity contribution in [3.8, 4) is 11.4 Å². The van der Waals surface area contributed by atoms with Crippen LogP contribution in [0.4, 0.5) is 20.3 Å². The van der Waals surface area contributed by atoms with Gasteiger partial charge in [-0.25, -0.2) is 18.7 Å². The monoisotopic (exact) mass is 347 g/mol. The molecule has 1 N–H and O–H groups in total. The van der Waals surface area contributed by atoms with Crippen LogP contribution in [-0.4, -0.2) is 9.97 Å². The molecular weight excluding hydrogens is 332 g/mol. The van der Waals surface area contributed by atoms with Crippen molar-refractivity contribution in [2.45, 2.75) is 6.92 Å². The highest BCUT2D eigenvalue weighted by Crippen LogP contribution is 2.28. The Kier molecular flexibility index (Phi) is 4.05. The van der Waals surface area contributed by atoms with Gasteiger partial charge in [-0.3, -0.25) is 0 Å². The van der Waals surface area contributed by atoms with Crippen LogP contribution in [0.5, 0.6) is 0 Å².